The molecule has 3 rings (SSSR count). The number of hydrogen-bond donors (Lipinski definition) is 1. The molecule has 0 unspecified atom stereocenters. The van der Waals surface area contributed by atoms with E-state index in [-0.39, 0.29) is 17.6 Å². The Labute approximate surface area is 150 Å². The fraction of sp³-hybridized carbons (Fsp3) is 0.444. The van der Waals surface area contributed by atoms with Crippen molar-refractivity contribution in [2.45, 2.75) is 39.8 Å². The van der Waals surface area contributed by atoms with Gasteiger partial charge in [0.1, 0.15) is 5.00 Å². The molecular weight excluding hydrogens is 340 g/mol. The quantitative estimate of drug-likeness (QED) is 0.824. The summed E-state index contributed by atoms with van der Waals surface area (Å²) in [7, 11) is 0. The van der Waals surface area contributed by atoms with Crippen molar-refractivity contribution in [3.8, 4) is 0 Å². The van der Waals surface area contributed by atoms with Crippen molar-refractivity contribution in [2.24, 2.45) is 0 Å². The van der Waals surface area contributed by atoms with Gasteiger partial charge in [-0.3, -0.25) is 9.69 Å². The van der Waals surface area contributed by atoms with Crippen molar-refractivity contribution >= 4 is 28.2 Å². The lowest BCUT2D eigenvalue weighted by molar-refractivity contribution is 0.0526. The number of hydrogen-bond acceptors (Lipinski definition) is 6. The van der Waals surface area contributed by atoms with Gasteiger partial charge in [-0.1, -0.05) is 0 Å². The zero-order chi connectivity index (χ0) is 18.0. The van der Waals surface area contributed by atoms with Crippen LogP contribution >= 0.6 is 11.3 Å². The van der Waals surface area contributed by atoms with E-state index in [1.54, 1.807) is 19.1 Å². The molecule has 1 aliphatic rings. The van der Waals surface area contributed by atoms with Gasteiger partial charge in [0.2, 0.25) is 0 Å². The maximum Gasteiger partial charge on any atom is 0.341 e. The third-order valence-corrected chi connectivity index (χ3v) is 5.40. The van der Waals surface area contributed by atoms with Gasteiger partial charge in [0.25, 0.3) is 5.91 Å². The second-order valence-corrected chi connectivity index (χ2v) is 7.28. The number of anilines is 1. The number of rotatable bonds is 5. The molecule has 7 heteroatoms. The van der Waals surface area contributed by atoms with Crippen LogP contribution < -0.4 is 5.32 Å². The van der Waals surface area contributed by atoms with Crippen molar-refractivity contribution < 1.29 is 18.7 Å². The topological polar surface area (TPSA) is 71.8 Å². The SMILES string of the molecule is CCOC(=O)c1c(NC(=O)c2ccco2)sc2c1CCN(C(C)C)C2. The Morgan fingerprint density at radius 3 is 2.88 bits per heavy atom. The number of nitrogens with zero attached hydrogens (tertiary/aromatic N) is 1. The lowest BCUT2D eigenvalue weighted by Crippen LogP contribution is -2.35. The van der Waals surface area contributed by atoms with E-state index in [1.165, 1.54) is 17.6 Å². The third kappa shape index (κ3) is 3.62. The lowest BCUT2D eigenvalue weighted by atomic mass is 10.0. The fourth-order valence-corrected chi connectivity index (χ4v) is 4.20. The average Bonchev–Trinajstić information content (AvgIpc) is 3.21. The molecule has 0 aromatic carbocycles. The predicted molar refractivity (Wildman–Crippen MR) is 96.2 cm³/mol. The Hall–Kier alpha value is -2.12. The minimum Gasteiger partial charge on any atom is -0.462 e. The standard InChI is InChI=1S/C18H22N2O4S/c1-4-23-18(22)15-12-7-8-20(11(2)3)10-14(12)25-17(15)19-16(21)13-6-5-9-24-13/h5-6,9,11H,4,7-8,10H2,1-3H3,(H,19,21). The highest BCUT2D eigenvalue weighted by Gasteiger charge is 2.30. The van der Waals surface area contributed by atoms with Crippen LogP contribution in [0.4, 0.5) is 5.00 Å². The minimum absolute atomic E-state index is 0.213. The summed E-state index contributed by atoms with van der Waals surface area (Å²) in [6, 6.07) is 3.68. The highest BCUT2D eigenvalue weighted by Crippen LogP contribution is 2.38. The van der Waals surface area contributed by atoms with Gasteiger partial charge in [-0.25, -0.2) is 4.79 Å². The normalized spacial score (nSPS) is 14.4. The van der Waals surface area contributed by atoms with Crippen molar-refractivity contribution in [3.05, 3.63) is 40.2 Å². The summed E-state index contributed by atoms with van der Waals surface area (Å²) >= 11 is 1.45. The Morgan fingerprint density at radius 1 is 1.44 bits per heavy atom. The summed E-state index contributed by atoms with van der Waals surface area (Å²) in [6.07, 6.45) is 2.22. The molecular formula is C18H22N2O4S. The molecule has 1 aliphatic heterocycles. The van der Waals surface area contributed by atoms with Crippen molar-refractivity contribution in [1.29, 1.82) is 0 Å². The van der Waals surface area contributed by atoms with Gasteiger partial charge >= 0.3 is 5.97 Å². The summed E-state index contributed by atoms with van der Waals surface area (Å²) in [5.41, 5.74) is 1.49. The number of carbonyl (C=O) groups is 2. The second-order valence-electron chi connectivity index (χ2n) is 6.17. The summed E-state index contributed by atoms with van der Waals surface area (Å²) in [5, 5.41) is 3.36. The van der Waals surface area contributed by atoms with Crippen molar-refractivity contribution in [2.75, 3.05) is 18.5 Å². The van der Waals surface area contributed by atoms with Gasteiger partial charge in [0.15, 0.2) is 5.76 Å². The molecule has 6 nitrogen and oxygen atoms in total. The molecule has 134 valence electrons. The maximum absolute atomic E-state index is 12.5. The highest BCUT2D eigenvalue weighted by atomic mass is 32.1. The first-order chi connectivity index (χ1) is 12.0. The monoisotopic (exact) mass is 362 g/mol. The Kier molecular flexibility index (Phi) is 5.24. The van der Waals surface area contributed by atoms with E-state index in [1.807, 2.05) is 0 Å². The number of ether oxygens (including phenoxy) is 1. The van der Waals surface area contributed by atoms with E-state index in [2.05, 4.69) is 24.1 Å². The number of thiophene rings is 1. The van der Waals surface area contributed by atoms with Crippen LogP contribution in [0, 0.1) is 0 Å². The van der Waals surface area contributed by atoms with Gasteiger partial charge in [-0.15, -0.1) is 11.3 Å². The zero-order valence-electron chi connectivity index (χ0n) is 14.6. The minimum atomic E-state index is -0.382. The number of esters is 1. The van der Waals surface area contributed by atoms with Gasteiger partial charge < -0.3 is 14.5 Å². The fourth-order valence-electron chi connectivity index (χ4n) is 2.94. The smallest absolute Gasteiger partial charge is 0.341 e. The van der Waals surface area contributed by atoms with Gasteiger partial charge in [-0.2, -0.15) is 0 Å². The molecule has 3 heterocycles. The van der Waals surface area contributed by atoms with E-state index < -0.39 is 0 Å². The summed E-state index contributed by atoms with van der Waals surface area (Å²) in [4.78, 5) is 28.3. The van der Waals surface area contributed by atoms with Gasteiger partial charge in [-0.05, 0) is 44.9 Å². The zero-order valence-corrected chi connectivity index (χ0v) is 15.4. The van der Waals surface area contributed by atoms with Crippen molar-refractivity contribution in [1.82, 2.24) is 4.90 Å². The number of nitrogens with one attached hydrogen (secondary N) is 1. The number of furan rings is 1. The van der Waals surface area contributed by atoms with Crippen LogP contribution in [-0.4, -0.2) is 36.0 Å². The third-order valence-electron chi connectivity index (χ3n) is 4.27. The lowest BCUT2D eigenvalue weighted by Gasteiger charge is -2.30. The van der Waals surface area contributed by atoms with Crippen LogP contribution in [0.15, 0.2) is 22.8 Å². The molecule has 0 saturated carbocycles. The van der Waals surface area contributed by atoms with E-state index in [4.69, 9.17) is 9.15 Å². The molecule has 25 heavy (non-hydrogen) atoms. The number of amides is 1. The maximum atomic E-state index is 12.5. The van der Waals surface area contributed by atoms with Crippen LogP contribution in [0.1, 0.15) is 52.1 Å². The molecule has 0 aliphatic carbocycles. The van der Waals surface area contributed by atoms with E-state index in [9.17, 15) is 9.59 Å². The molecule has 0 radical (unpaired) electrons. The van der Waals surface area contributed by atoms with Crippen LogP contribution in [0.3, 0.4) is 0 Å². The first-order valence-corrected chi connectivity index (χ1v) is 9.23. The van der Waals surface area contributed by atoms with Gasteiger partial charge in [0.05, 0.1) is 18.4 Å². The highest BCUT2D eigenvalue weighted by molar-refractivity contribution is 7.17. The largest absolute Gasteiger partial charge is 0.462 e. The van der Waals surface area contributed by atoms with Crippen molar-refractivity contribution in [3.63, 3.8) is 0 Å². The van der Waals surface area contributed by atoms with Crippen LogP contribution in [0.2, 0.25) is 0 Å². The van der Waals surface area contributed by atoms with E-state index in [0.717, 1.165) is 30.0 Å². The molecule has 2 aromatic rings. The molecule has 1 amide bonds. The van der Waals surface area contributed by atoms with Gasteiger partial charge in [0, 0.05) is 24.0 Å². The molecule has 0 atom stereocenters. The first kappa shape index (κ1) is 17.7. The Balaban J connectivity index is 1.93. The van der Waals surface area contributed by atoms with E-state index in [0.29, 0.717) is 23.2 Å². The Morgan fingerprint density at radius 2 is 2.24 bits per heavy atom. The predicted octanol–water partition coefficient (Wildman–Crippen LogP) is 3.54. The van der Waals surface area contributed by atoms with Crippen LogP contribution in [-0.2, 0) is 17.7 Å². The molecule has 2 aromatic heterocycles. The summed E-state index contributed by atoms with van der Waals surface area (Å²) < 4.78 is 10.4. The number of fused-ring (bicyclic) bond motifs is 1. The summed E-state index contributed by atoms with van der Waals surface area (Å²) in [5.74, 6) is -0.535. The Bertz CT molecular complexity index is 764. The molecule has 0 fully saturated rings. The number of carbonyl (C=O) groups excluding carboxylic acids is 2. The molecule has 0 saturated heterocycles. The molecule has 1 N–H and O–H groups in total. The summed E-state index contributed by atoms with van der Waals surface area (Å²) in [6.45, 7) is 8.06. The van der Waals surface area contributed by atoms with Crippen LogP contribution in [0.5, 0.6) is 0 Å². The van der Waals surface area contributed by atoms with E-state index >= 15 is 0 Å². The molecule has 0 bridgehead atoms. The average molecular weight is 362 g/mol. The first-order valence-electron chi connectivity index (χ1n) is 8.41. The molecule has 0 spiro atoms. The second kappa shape index (κ2) is 7.41. The van der Waals surface area contributed by atoms with Crippen LogP contribution in [0.25, 0.3) is 0 Å².